The van der Waals surface area contributed by atoms with Crippen LogP contribution >= 0.6 is 0 Å². The van der Waals surface area contributed by atoms with Gasteiger partial charge in [0.1, 0.15) is 0 Å². The number of hydrogen-bond acceptors (Lipinski definition) is 1. The minimum atomic E-state index is -1.28. The highest BCUT2D eigenvalue weighted by Gasteiger charge is 2.13. The van der Waals surface area contributed by atoms with E-state index in [4.69, 9.17) is 0 Å². The Hall–Kier alpha value is -1.19. The van der Waals surface area contributed by atoms with Crippen LogP contribution in [0.4, 0.5) is 13.2 Å². The van der Waals surface area contributed by atoms with E-state index in [1.54, 1.807) is 6.92 Å². The van der Waals surface area contributed by atoms with E-state index in [1.165, 1.54) is 0 Å². The second-order valence-corrected chi connectivity index (χ2v) is 2.11. The summed E-state index contributed by atoms with van der Waals surface area (Å²) in [6, 6.07) is 1.54. The standard InChI is InChI=1S/C8H7F3O/c1-2-12-8-6(10)4-3-5(9)7(8)11/h3-4H,2H2,1H3. The SMILES string of the molecule is CCOc1c(F)ccc(F)c1F. The summed E-state index contributed by atoms with van der Waals surface area (Å²) in [6.07, 6.45) is 0. The molecule has 0 saturated carbocycles. The molecular formula is C8H7F3O. The van der Waals surface area contributed by atoms with Gasteiger partial charge in [0.25, 0.3) is 0 Å². The second-order valence-electron chi connectivity index (χ2n) is 2.11. The first-order valence-electron chi connectivity index (χ1n) is 3.43. The monoisotopic (exact) mass is 176 g/mol. The number of ether oxygens (including phenoxy) is 1. The highest BCUT2D eigenvalue weighted by Crippen LogP contribution is 2.23. The lowest BCUT2D eigenvalue weighted by atomic mass is 10.3. The van der Waals surface area contributed by atoms with Gasteiger partial charge in [-0.15, -0.1) is 0 Å². The van der Waals surface area contributed by atoms with E-state index in [9.17, 15) is 13.2 Å². The van der Waals surface area contributed by atoms with Gasteiger partial charge < -0.3 is 4.74 Å². The van der Waals surface area contributed by atoms with Crippen LogP contribution in [0.25, 0.3) is 0 Å². The van der Waals surface area contributed by atoms with Crippen LogP contribution < -0.4 is 4.74 Å². The lowest BCUT2D eigenvalue weighted by Crippen LogP contribution is -1.99. The van der Waals surface area contributed by atoms with Crippen LogP contribution in [-0.2, 0) is 0 Å². The molecule has 0 bridgehead atoms. The van der Waals surface area contributed by atoms with Gasteiger partial charge in [0.2, 0.25) is 5.82 Å². The Morgan fingerprint density at radius 2 is 1.75 bits per heavy atom. The molecule has 0 fully saturated rings. The van der Waals surface area contributed by atoms with Crippen LogP contribution in [0.5, 0.6) is 5.75 Å². The van der Waals surface area contributed by atoms with Crippen LogP contribution in [0.3, 0.4) is 0 Å². The van der Waals surface area contributed by atoms with Crippen molar-refractivity contribution in [2.24, 2.45) is 0 Å². The largest absolute Gasteiger partial charge is 0.488 e. The molecule has 1 nitrogen and oxygen atoms in total. The van der Waals surface area contributed by atoms with Crippen molar-refractivity contribution in [3.8, 4) is 5.75 Å². The van der Waals surface area contributed by atoms with Gasteiger partial charge in [0.05, 0.1) is 6.61 Å². The molecule has 0 amide bonds. The molecule has 0 aliphatic carbocycles. The van der Waals surface area contributed by atoms with E-state index in [0.29, 0.717) is 6.07 Å². The third-order valence-electron chi connectivity index (χ3n) is 1.29. The maximum absolute atomic E-state index is 12.7. The predicted octanol–water partition coefficient (Wildman–Crippen LogP) is 2.50. The number of benzene rings is 1. The fourth-order valence-electron chi connectivity index (χ4n) is 0.785. The minimum absolute atomic E-state index is 0.0945. The van der Waals surface area contributed by atoms with Gasteiger partial charge in [-0.1, -0.05) is 0 Å². The third kappa shape index (κ3) is 1.52. The van der Waals surface area contributed by atoms with Gasteiger partial charge in [0, 0.05) is 0 Å². The Bertz CT molecular complexity index is 286. The molecule has 0 aromatic heterocycles. The van der Waals surface area contributed by atoms with E-state index >= 15 is 0 Å². The minimum Gasteiger partial charge on any atom is -0.488 e. The van der Waals surface area contributed by atoms with Crippen molar-refractivity contribution < 1.29 is 17.9 Å². The molecule has 0 saturated heterocycles. The molecule has 12 heavy (non-hydrogen) atoms. The first kappa shape index (κ1) is 8.90. The zero-order chi connectivity index (χ0) is 9.14. The van der Waals surface area contributed by atoms with Crippen molar-refractivity contribution in [3.05, 3.63) is 29.6 Å². The highest BCUT2D eigenvalue weighted by molar-refractivity contribution is 5.27. The van der Waals surface area contributed by atoms with Gasteiger partial charge in [-0.25, -0.2) is 8.78 Å². The zero-order valence-corrected chi connectivity index (χ0v) is 6.40. The smallest absolute Gasteiger partial charge is 0.203 e. The first-order valence-corrected chi connectivity index (χ1v) is 3.43. The van der Waals surface area contributed by atoms with E-state index in [2.05, 4.69) is 4.74 Å². The van der Waals surface area contributed by atoms with Crippen LogP contribution in [0.2, 0.25) is 0 Å². The Morgan fingerprint density at radius 3 is 2.33 bits per heavy atom. The molecule has 1 rings (SSSR count). The van der Waals surface area contributed by atoms with Gasteiger partial charge in [-0.05, 0) is 19.1 Å². The number of halogens is 3. The maximum Gasteiger partial charge on any atom is 0.203 e. The highest BCUT2D eigenvalue weighted by atomic mass is 19.2. The second kappa shape index (κ2) is 3.47. The van der Waals surface area contributed by atoms with Crippen molar-refractivity contribution in [3.63, 3.8) is 0 Å². The molecule has 1 aromatic rings. The summed E-state index contributed by atoms with van der Waals surface area (Å²) in [7, 11) is 0. The molecule has 0 heterocycles. The molecule has 0 spiro atoms. The van der Waals surface area contributed by atoms with Crippen molar-refractivity contribution in [2.75, 3.05) is 6.61 Å². The Morgan fingerprint density at radius 1 is 1.17 bits per heavy atom. The predicted molar refractivity (Wildman–Crippen MR) is 37.5 cm³/mol. The molecule has 0 radical (unpaired) electrons. The van der Waals surface area contributed by atoms with Crippen molar-refractivity contribution in [1.82, 2.24) is 0 Å². The average molecular weight is 176 g/mol. The topological polar surface area (TPSA) is 9.23 Å². The lowest BCUT2D eigenvalue weighted by molar-refractivity contribution is 0.295. The van der Waals surface area contributed by atoms with E-state index in [-0.39, 0.29) is 6.61 Å². The van der Waals surface area contributed by atoms with Crippen molar-refractivity contribution in [2.45, 2.75) is 6.92 Å². The quantitative estimate of drug-likeness (QED) is 0.629. The van der Waals surface area contributed by atoms with Gasteiger partial charge in [0.15, 0.2) is 17.4 Å². The molecule has 0 N–H and O–H groups in total. The molecule has 0 atom stereocenters. The van der Waals surface area contributed by atoms with Gasteiger partial charge in [-0.2, -0.15) is 4.39 Å². The lowest BCUT2D eigenvalue weighted by Gasteiger charge is -2.05. The third-order valence-corrected chi connectivity index (χ3v) is 1.29. The van der Waals surface area contributed by atoms with Gasteiger partial charge >= 0.3 is 0 Å². The Labute approximate surface area is 67.8 Å². The Balaban J connectivity index is 3.14. The Kier molecular flexibility index (Phi) is 2.58. The molecule has 0 aliphatic heterocycles. The molecule has 4 heteroatoms. The summed E-state index contributed by atoms with van der Waals surface area (Å²) in [5, 5.41) is 0. The fraction of sp³-hybridized carbons (Fsp3) is 0.250. The average Bonchev–Trinajstić information content (AvgIpc) is 2.06. The molecular weight excluding hydrogens is 169 g/mol. The van der Waals surface area contributed by atoms with Crippen LogP contribution in [0.1, 0.15) is 6.92 Å². The van der Waals surface area contributed by atoms with E-state index in [0.717, 1.165) is 6.07 Å². The normalized spacial score (nSPS) is 10.0. The summed E-state index contributed by atoms with van der Waals surface area (Å²) in [4.78, 5) is 0. The van der Waals surface area contributed by atoms with E-state index in [1.807, 2.05) is 0 Å². The molecule has 66 valence electrons. The van der Waals surface area contributed by atoms with Crippen LogP contribution in [0, 0.1) is 17.5 Å². The van der Waals surface area contributed by atoms with Gasteiger partial charge in [-0.3, -0.25) is 0 Å². The zero-order valence-electron chi connectivity index (χ0n) is 6.40. The van der Waals surface area contributed by atoms with Crippen molar-refractivity contribution >= 4 is 0 Å². The summed E-state index contributed by atoms with van der Waals surface area (Å²) in [6.45, 7) is 1.65. The summed E-state index contributed by atoms with van der Waals surface area (Å²) in [5.41, 5.74) is 0. The number of hydrogen-bond donors (Lipinski definition) is 0. The van der Waals surface area contributed by atoms with Crippen LogP contribution in [0.15, 0.2) is 12.1 Å². The first-order chi connectivity index (χ1) is 5.66. The maximum atomic E-state index is 12.7. The van der Waals surface area contributed by atoms with E-state index < -0.39 is 23.2 Å². The van der Waals surface area contributed by atoms with Crippen molar-refractivity contribution in [1.29, 1.82) is 0 Å². The molecule has 0 aliphatic rings. The summed E-state index contributed by atoms with van der Waals surface area (Å²) < 4.78 is 42.4. The summed E-state index contributed by atoms with van der Waals surface area (Å²) >= 11 is 0. The van der Waals surface area contributed by atoms with Crippen LogP contribution in [-0.4, -0.2) is 6.61 Å². The number of rotatable bonds is 2. The molecule has 1 aromatic carbocycles. The summed E-state index contributed by atoms with van der Waals surface area (Å²) in [5.74, 6) is -3.94. The molecule has 0 unspecified atom stereocenters. The fourth-order valence-corrected chi connectivity index (χ4v) is 0.785.